The molecule has 0 fully saturated rings. The molecule has 0 aliphatic heterocycles. The van der Waals surface area contributed by atoms with Crippen LogP contribution in [0.2, 0.25) is 5.02 Å². The van der Waals surface area contributed by atoms with Crippen molar-refractivity contribution in [3.63, 3.8) is 0 Å². The van der Waals surface area contributed by atoms with Gasteiger partial charge in [0.15, 0.2) is 0 Å². The van der Waals surface area contributed by atoms with Crippen LogP contribution >= 0.6 is 27.5 Å². The van der Waals surface area contributed by atoms with Crippen molar-refractivity contribution in [2.45, 2.75) is 18.4 Å². The molecule has 0 saturated carbocycles. The van der Waals surface area contributed by atoms with Gasteiger partial charge in [0.2, 0.25) is 10.0 Å². The average molecular weight is 391 g/mol. The van der Waals surface area contributed by atoms with Crippen LogP contribution in [0.4, 0.5) is 5.69 Å². The maximum Gasteiger partial charge on any atom is 0.242 e. The van der Waals surface area contributed by atoms with Crippen LogP contribution in [0.5, 0.6) is 0 Å². The highest BCUT2D eigenvalue weighted by Crippen LogP contribution is 2.31. The van der Waals surface area contributed by atoms with Gasteiger partial charge in [0.25, 0.3) is 0 Å². The summed E-state index contributed by atoms with van der Waals surface area (Å²) in [6.45, 7) is 1.96. The van der Waals surface area contributed by atoms with Crippen molar-refractivity contribution in [1.82, 2.24) is 9.71 Å². The number of pyridine rings is 1. The zero-order valence-electron chi connectivity index (χ0n) is 11.1. The number of nitrogens with one attached hydrogen (secondary N) is 1. The summed E-state index contributed by atoms with van der Waals surface area (Å²) in [4.78, 5) is 4.14. The maximum absolute atomic E-state index is 12.4. The third kappa shape index (κ3) is 3.74. The number of rotatable bonds is 4. The fraction of sp³-hybridized carbons (Fsp3) is 0.154. The van der Waals surface area contributed by atoms with Crippen molar-refractivity contribution in [3.05, 3.63) is 51.2 Å². The van der Waals surface area contributed by atoms with Gasteiger partial charge in [-0.25, -0.2) is 13.1 Å². The van der Waals surface area contributed by atoms with E-state index in [-0.39, 0.29) is 26.6 Å². The van der Waals surface area contributed by atoms with Crippen LogP contribution in [0.15, 0.2) is 39.8 Å². The molecule has 0 aliphatic rings. The van der Waals surface area contributed by atoms with E-state index in [4.69, 9.17) is 17.3 Å². The quantitative estimate of drug-likeness (QED) is 0.786. The average Bonchev–Trinajstić information content (AvgIpc) is 2.42. The van der Waals surface area contributed by atoms with Crippen LogP contribution in [-0.4, -0.2) is 13.4 Å². The minimum atomic E-state index is -3.75. The van der Waals surface area contributed by atoms with Crippen molar-refractivity contribution in [3.8, 4) is 0 Å². The Kier molecular flexibility index (Phi) is 4.88. The number of nitrogens with two attached hydrogens (primary N) is 1. The Bertz CT molecular complexity index is 781. The molecule has 1 heterocycles. The zero-order valence-corrected chi connectivity index (χ0v) is 14.3. The first-order valence-corrected chi connectivity index (χ1v) is 8.61. The number of hydrogen-bond acceptors (Lipinski definition) is 4. The summed E-state index contributed by atoms with van der Waals surface area (Å²) < 4.78 is 27.5. The summed E-state index contributed by atoms with van der Waals surface area (Å²) in [7, 11) is -3.75. The lowest BCUT2D eigenvalue weighted by Crippen LogP contribution is -2.24. The normalized spacial score (nSPS) is 11.6. The summed E-state index contributed by atoms with van der Waals surface area (Å²) >= 11 is 9.04. The van der Waals surface area contributed by atoms with Crippen LogP contribution in [0.3, 0.4) is 0 Å². The second-order valence-electron chi connectivity index (χ2n) is 4.40. The number of hydrogen-bond donors (Lipinski definition) is 2. The number of aryl methyl sites for hydroxylation is 1. The molecule has 3 N–H and O–H groups in total. The van der Waals surface area contributed by atoms with Gasteiger partial charge in [-0.2, -0.15) is 0 Å². The van der Waals surface area contributed by atoms with Crippen LogP contribution in [0.1, 0.15) is 11.3 Å². The molecule has 2 aromatic rings. The molecule has 0 radical (unpaired) electrons. The predicted octanol–water partition coefficient (Wildman–Crippen LogP) is 2.87. The molecule has 0 bridgehead atoms. The summed E-state index contributed by atoms with van der Waals surface area (Å²) in [5, 5.41) is 0.255. The molecule has 0 atom stereocenters. The van der Waals surface area contributed by atoms with E-state index in [0.29, 0.717) is 5.69 Å². The topological polar surface area (TPSA) is 85.1 Å². The van der Waals surface area contributed by atoms with Gasteiger partial charge >= 0.3 is 0 Å². The molecule has 0 aliphatic carbocycles. The van der Waals surface area contributed by atoms with Gasteiger partial charge in [-0.3, -0.25) is 4.98 Å². The summed E-state index contributed by atoms with van der Waals surface area (Å²) in [5.41, 5.74) is 7.54. The molecule has 5 nitrogen and oxygen atoms in total. The highest BCUT2D eigenvalue weighted by molar-refractivity contribution is 9.10. The van der Waals surface area contributed by atoms with Gasteiger partial charge in [-0.15, -0.1) is 0 Å². The number of aromatic nitrogens is 1. The molecule has 1 aromatic carbocycles. The van der Waals surface area contributed by atoms with E-state index in [2.05, 4.69) is 25.6 Å². The van der Waals surface area contributed by atoms with E-state index >= 15 is 0 Å². The predicted molar refractivity (Wildman–Crippen MR) is 86.6 cm³/mol. The Balaban J connectivity index is 2.30. The fourth-order valence-corrected chi connectivity index (χ4v) is 4.00. The smallest absolute Gasteiger partial charge is 0.242 e. The van der Waals surface area contributed by atoms with Crippen LogP contribution in [0, 0.1) is 6.92 Å². The van der Waals surface area contributed by atoms with Gasteiger partial charge in [0.1, 0.15) is 0 Å². The van der Waals surface area contributed by atoms with Crippen LogP contribution in [-0.2, 0) is 16.6 Å². The summed E-state index contributed by atoms with van der Waals surface area (Å²) in [6, 6.07) is 6.48. The second-order valence-corrected chi connectivity index (χ2v) is 7.36. The first kappa shape index (κ1) is 16.2. The van der Waals surface area contributed by atoms with Crippen molar-refractivity contribution in [2.75, 3.05) is 5.73 Å². The van der Waals surface area contributed by atoms with E-state index in [9.17, 15) is 8.42 Å². The minimum Gasteiger partial charge on any atom is -0.398 e. The largest absolute Gasteiger partial charge is 0.398 e. The van der Waals surface area contributed by atoms with Gasteiger partial charge in [0, 0.05) is 16.9 Å². The van der Waals surface area contributed by atoms with E-state index in [1.807, 2.05) is 13.0 Å². The molecule has 21 heavy (non-hydrogen) atoms. The SMILES string of the molecule is Cc1cccnc1CNS(=O)(=O)c1cc(Cl)cc(N)c1Br. The van der Waals surface area contributed by atoms with Gasteiger partial charge in [0.05, 0.1) is 21.6 Å². The number of nitrogens with zero attached hydrogens (tertiary/aromatic N) is 1. The van der Waals surface area contributed by atoms with Crippen LogP contribution < -0.4 is 10.5 Å². The molecule has 0 saturated heterocycles. The highest BCUT2D eigenvalue weighted by Gasteiger charge is 2.20. The molecule has 112 valence electrons. The first-order valence-electron chi connectivity index (χ1n) is 5.96. The standard InChI is InChI=1S/C13H13BrClN3O2S/c1-8-3-2-4-17-11(8)7-18-21(19,20)12-6-9(15)5-10(16)13(12)14/h2-6,18H,7,16H2,1H3. The highest BCUT2D eigenvalue weighted by atomic mass is 79.9. The van der Waals surface area contributed by atoms with Gasteiger partial charge in [-0.1, -0.05) is 17.7 Å². The molecule has 1 aromatic heterocycles. The number of benzene rings is 1. The molecule has 8 heteroatoms. The van der Waals surface area contributed by atoms with Crippen molar-refractivity contribution >= 4 is 43.2 Å². The van der Waals surface area contributed by atoms with E-state index < -0.39 is 10.0 Å². The third-order valence-corrected chi connectivity index (χ3v) is 5.66. The third-order valence-electron chi connectivity index (χ3n) is 2.87. The number of halogens is 2. The summed E-state index contributed by atoms with van der Waals surface area (Å²) in [5.74, 6) is 0. The number of anilines is 1. The molecular weight excluding hydrogens is 378 g/mol. The van der Waals surface area contributed by atoms with E-state index in [0.717, 1.165) is 5.56 Å². The fourth-order valence-electron chi connectivity index (χ4n) is 1.72. The minimum absolute atomic E-state index is 0.00100. The Morgan fingerprint density at radius 2 is 2.14 bits per heavy atom. The van der Waals surface area contributed by atoms with E-state index in [1.165, 1.54) is 12.1 Å². The Hall–Kier alpha value is -1.15. The Morgan fingerprint density at radius 3 is 2.81 bits per heavy atom. The maximum atomic E-state index is 12.4. The molecule has 0 unspecified atom stereocenters. The Labute approximate surface area is 136 Å². The van der Waals surface area contributed by atoms with Gasteiger partial charge in [-0.05, 0) is 46.6 Å². The molecule has 0 spiro atoms. The van der Waals surface area contributed by atoms with Crippen molar-refractivity contribution in [2.24, 2.45) is 0 Å². The summed E-state index contributed by atoms with van der Waals surface area (Å²) in [6.07, 6.45) is 1.62. The lowest BCUT2D eigenvalue weighted by Gasteiger charge is -2.11. The first-order chi connectivity index (χ1) is 9.81. The van der Waals surface area contributed by atoms with Crippen LogP contribution in [0.25, 0.3) is 0 Å². The lowest BCUT2D eigenvalue weighted by atomic mass is 10.2. The van der Waals surface area contributed by atoms with Crippen molar-refractivity contribution < 1.29 is 8.42 Å². The van der Waals surface area contributed by atoms with Gasteiger partial charge < -0.3 is 5.73 Å². The van der Waals surface area contributed by atoms with E-state index in [1.54, 1.807) is 12.3 Å². The number of nitrogen functional groups attached to an aromatic ring is 1. The lowest BCUT2D eigenvalue weighted by molar-refractivity contribution is 0.580. The number of sulfonamides is 1. The molecule has 2 rings (SSSR count). The molecule has 0 amide bonds. The monoisotopic (exact) mass is 389 g/mol. The van der Waals surface area contributed by atoms with Crippen molar-refractivity contribution in [1.29, 1.82) is 0 Å². The molecular formula is C13H13BrClN3O2S. The Morgan fingerprint density at radius 1 is 1.43 bits per heavy atom. The second kappa shape index (κ2) is 6.31. The zero-order chi connectivity index (χ0) is 15.6.